The van der Waals surface area contributed by atoms with Crippen LogP contribution in [0, 0.1) is 6.92 Å². The van der Waals surface area contributed by atoms with Crippen LogP contribution in [0.4, 0.5) is 5.69 Å². The summed E-state index contributed by atoms with van der Waals surface area (Å²) < 4.78 is 0. The number of aromatic hydroxyl groups is 1. The number of rotatable bonds is 3. The second-order valence-corrected chi connectivity index (χ2v) is 7.33. The SMILES string of the molecule is Cc1cn[nH]c1-c1c(O)c2cc(-c3ccc(N(C)C)cc3)c(Cl)cc2[nH]c1=O. The molecule has 0 radical (unpaired) electrons. The first kappa shape index (κ1) is 18.1. The molecular weight excluding hydrogens is 376 g/mol. The molecule has 6 nitrogen and oxygen atoms in total. The summed E-state index contributed by atoms with van der Waals surface area (Å²) in [5.41, 5.74) is 4.26. The van der Waals surface area contributed by atoms with E-state index < -0.39 is 5.56 Å². The van der Waals surface area contributed by atoms with Crippen LogP contribution in [-0.2, 0) is 0 Å². The molecule has 0 spiro atoms. The highest BCUT2D eigenvalue weighted by Gasteiger charge is 2.18. The molecule has 142 valence electrons. The van der Waals surface area contributed by atoms with Crippen molar-refractivity contribution >= 4 is 28.2 Å². The Morgan fingerprint density at radius 2 is 1.86 bits per heavy atom. The first-order valence-electron chi connectivity index (χ1n) is 8.73. The van der Waals surface area contributed by atoms with Gasteiger partial charge in [-0.1, -0.05) is 23.7 Å². The predicted octanol–water partition coefficient (Wildman–Crippen LogP) is 4.32. The lowest BCUT2D eigenvalue weighted by Gasteiger charge is -2.14. The number of fused-ring (bicyclic) bond motifs is 1. The molecule has 0 atom stereocenters. The average molecular weight is 395 g/mol. The van der Waals surface area contributed by atoms with Crippen LogP contribution in [0.5, 0.6) is 5.75 Å². The van der Waals surface area contributed by atoms with Gasteiger partial charge < -0.3 is 15.0 Å². The third-order valence-corrected chi connectivity index (χ3v) is 5.16. The number of hydrogen-bond acceptors (Lipinski definition) is 4. The topological polar surface area (TPSA) is 85.0 Å². The number of H-pyrrole nitrogens is 2. The molecule has 2 aromatic carbocycles. The maximum absolute atomic E-state index is 12.6. The van der Waals surface area contributed by atoms with E-state index >= 15 is 0 Å². The third kappa shape index (κ3) is 2.92. The number of benzene rings is 2. The van der Waals surface area contributed by atoms with Gasteiger partial charge in [0.05, 0.1) is 22.4 Å². The van der Waals surface area contributed by atoms with Crippen molar-refractivity contribution in [3.8, 4) is 28.1 Å². The van der Waals surface area contributed by atoms with E-state index in [0.717, 1.165) is 22.4 Å². The molecule has 0 unspecified atom stereocenters. The Kier molecular flexibility index (Phi) is 4.35. The van der Waals surface area contributed by atoms with Crippen LogP contribution in [0.25, 0.3) is 33.3 Å². The fourth-order valence-corrected chi connectivity index (χ4v) is 3.56. The predicted molar refractivity (Wildman–Crippen MR) is 113 cm³/mol. The molecule has 0 fully saturated rings. The van der Waals surface area contributed by atoms with Gasteiger partial charge in [0.1, 0.15) is 11.3 Å². The number of hydrogen-bond donors (Lipinski definition) is 3. The van der Waals surface area contributed by atoms with E-state index in [0.29, 0.717) is 21.6 Å². The van der Waals surface area contributed by atoms with E-state index in [1.54, 1.807) is 18.3 Å². The van der Waals surface area contributed by atoms with Gasteiger partial charge in [0.25, 0.3) is 5.56 Å². The fraction of sp³-hybridized carbons (Fsp3) is 0.143. The van der Waals surface area contributed by atoms with Crippen molar-refractivity contribution in [2.24, 2.45) is 0 Å². The van der Waals surface area contributed by atoms with Crippen LogP contribution in [0.3, 0.4) is 0 Å². The molecule has 3 N–H and O–H groups in total. The van der Waals surface area contributed by atoms with Crippen LogP contribution in [0.2, 0.25) is 5.02 Å². The highest BCUT2D eigenvalue weighted by Crippen LogP contribution is 2.38. The number of nitrogens with zero attached hydrogens (tertiary/aromatic N) is 2. The van der Waals surface area contributed by atoms with E-state index in [9.17, 15) is 9.90 Å². The number of aromatic amines is 2. The van der Waals surface area contributed by atoms with Crippen LogP contribution >= 0.6 is 11.6 Å². The molecular formula is C21H19ClN4O2. The lowest BCUT2D eigenvalue weighted by atomic mass is 10.00. The van der Waals surface area contributed by atoms with Crippen LogP contribution < -0.4 is 10.5 Å². The van der Waals surface area contributed by atoms with Gasteiger partial charge in [0.2, 0.25) is 0 Å². The number of aromatic nitrogens is 3. The molecule has 0 saturated heterocycles. The lowest BCUT2D eigenvalue weighted by molar-refractivity contribution is 0.482. The Morgan fingerprint density at radius 3 is 2.46 bits per heavy atom. The van der Waals surface area contributed by atoms with Crippen molar-refractivity contribution in [1.29, 1.82) is 0 Å². The maximum Gasteiger partial charge on any atom is 0.261 e. The Morgan fingerprint density at radius 1 is 1.14 bits per heavy atom. The zero-order valence-corrected chi connectivity index (χ0v) is 16.4. The highest BCUT2D eigenvalue weighted by atomic mass is 35.5. The van der Waals surface area contributed by atoms with Crippen LogP contribution in [-0.4, -0.2) is 34.4 Å². The first-order valence-corrected chi connectivity index (χ1v) is 9.11. The Hall–Kier alpha value is -3.25. The summed E-state index contributed by atoms with van der Waals surface area (Å²) in [7, 11) is 3.96. The first-order chi connectivity index (χ1) is 13.4. The van der Waals surface area contributed by atoms with Gasteiger partial charge in [0, 0.05) is 30.7 Å². The van der Waals surface area contributed by atoms with Gasteiger partial charge in [-0.05, 0) is 42.3 Å². The largest absolute Gasteiger partial charge is 0.506 e. The van der Waals surface area contributed by atoms with Crippen LogP contribution in [0.1, 0.15) is 5.56 Å². The van der Waals surface area contributed by atoms with Gasteiger partial charge in [-0.2, -0.15) is 5.10 Å². The Bertz CT molecular complexity index is 1240. The maximum atomic E-state index is 12.6. The zero-order chi connectivity index (χ0) is 20.0. The average Bonchev–Trinajstić information content (AvgIpc) is 3.07. The summed E-state index contributed by atoms with van der Waals surface area (Å²) in [4.78, 5) is 17.4. The summed E-state index contributed by atoms with van der Waals surface area (Å²) in [6.07, 6.45) is 1.61. The second kappa shape index (κ2) is 6.73. The highest BCUT2D eigenvalue weighted by molar-refractivity contribution is 6.34. The summed E-state index contributed by atoms with van der Waals surface area (Å²) >= 11 is 6.48. The third-order valence-electron chi connectivity index (χ3n) is 4.85. The molecule has 0 aliphatic heterocycles. The molecule has 0 amide bonds. The molecule has 0 bridgehead atoms. The van der Waals surface area contributed by atoms with Gasteiger partial charge in [0.15, 0.2) is 0 Å². The van der Waals surface area contributed by atoms with Gasteiger partial charge >= 0.3 is 0 Å². The smallest absolute Gasteiger partial charge is 0.261 e. The zero-order valence-electron chi connectivity index (χ0n) is 15.7. The van der Waals surface area contributed by atoms with Crippen molar-refractivity contribution < 1.29 is 5.11 Å². The minimum absolute atomic E-state index is 0.103. The summed E-state index contributed by atoms with van der Waals surface area (Å²) in [6, 6.07) is 11.4. The Balaban J connectivity index is 1.94. The minimum Gasteiger partial charge on any atom is -0.506 e. The summed E-state index contributed by atoms with van der Waals surface area (Å²) in [5.74, 6) is -0.103. The van der Waals surface area contributed by atoms with Crippen molar-refractivity contribution in [2.45, 2.75) is 6.92 Å². The fourth-order valence-electron chi connectivity index (χ4n) is 3.29. The number of pyridine rings is 1. The van der Waals surface area contributed by atoms with Crippen molar-refractivity contribution in [2.75, 3.05) is 19.0 Å². The molecule has 0 saturated carbocycles. The molecule has 2 heterocycles. The number of anilines is 1. The molecule has 0 aliphatic carbocycles. The van der Waals surface area contributed by atoms with Gasteiger partial charge in [-0.25, -0.2) is 0 Å². The molecule has 4 aromatic rings. The molecule has 28 heavy (non-hydrogen) atoms. The van der Waals surface area contributed by atoms with E-state index in [1.807, 2.05) is 50.2 Å². The normalized spacial score (nSPS) is 11.1. The quantitative estimate of drug-likeness (QED) is 0.483. The standard InChI is InChI=1S/C21H19ClN4O2/c1-11-10-23-25-19(11)18-20(27)15-8-14(16(22)9-17(15)24-21(18)28)12-4-6-13(7-5-12)26(2)3/h4-10H,1-3H3,(H,23,25)(H2,24,27,28). The summed E-state index contributed by atoms with van der Waals surface area (Å²) in [6.45, 7) is 1.82. The van der Waals surface area contributed by atoms with E-state index in [-0.39, 0.29) is 11.3 Å². The van der Waals surface area contributed by atoms with Crippen LogP contribution in [0.15, 0.2) is 47.4 Å². The Labute approximate surface area is 166 Å². The molecule has 4 rings (SSSR count). The van der Waals surface area contributed by atoms with Crippen molar-refractivity contribution in [1.82, 2.24) is 15.2 Å². The van der Waals surface area contributed by atoms with E-state index in [2.05, 4.69) is 15.2 Å². The lowest BCUT2D eigenvalue weighted by Crippen LogP contribution is -2.10. The molecule has 0 aliphatic rings. The number of nitrogens with one attached hydrogen (secondary N) is 2. The summed E-state index contributed by atoms with van der Waals surface area (Å²) in [5, 5.41) is 18.6. The molecule has 2 aromatic heterocycles. The number of aryl methyl sites for hydroxylation is 1. The molecule has 7 heteroatoms. The monoisotopic (exact) mass is 394 g/mol. The minimum atomic E-state index is -0.406. The van der Waals surface area contributed by atoms with Crippen molar-refractivity contribution in [3.63, 3.8) is 0 Å². The van der Waals surface area contributed by atoms with Crippen molar-refractivity contribution in [3.05, 3.63) is 63.5 Å². The van der Waals surface area contributed by atoms with Gasteiger partial charge in [-0.15, -0.1) is 0 Å². The number of halogens is 1. The van der Waals surface area contributed by atoms with E-state index in [1.165, 1.54) is 0 Å². The van der Waals surface area contributed by atoms with Gasteiger partial charge in [-0.3, -0.25) is 9.89 Å². The second-order valence-electron chi connectivity index (χ2n) is 6.92. The van der Waals surface area contributed by atoms with E-state index in [4.69, 9.17) is 11.6 Å².